The molecule has 4 amide bonds. The number of hydrogen-bond acceptors (Lipinski definition) is 4. The molecule has 0 radical (unpaired) electrons. The number of aryl methyl sites for hydroxylation is 1. The molecule has 0 spiro atoms. The molecule has 8 heteroatoms. The third kappa shape index (κ3) is 8.63. The van der Waals surface area contributed by atoms with Crippen molar-refractivity contribution >= 4 is 29.2 Å². The molecule has 0 heterocycles. The summed E-state index contributed by atoms with van der Waals surface area (Å²) in [6.45, 7) is 7.42. The quantitative estimate of drug-likeness (QED) is 0.455. The van der Waals surface area contributed by atoms with Gasteiger partial charge in [0, 0.05) is 24.7 Å². The van der Waals surface area contributed by atoms with Crippen LogP contribution in [0.3, 0.4) is 0 Å². The molecule has 3 rings (SSSR count). The zero-order valence-corrected chi connectivity index (χ0v) is 21.4. The van der Waals surface area contributed by atoms with Crippen LogP contribution in [0.1, 0.15) is 57.6 Å². The fraction of sp³-hybridized carbons (Fsp3) is 0.444. The van der Waals surface area contributed by atoms with E-state index in [1.165, 1.54) is 14.0 Å². The van der Waals surface area contributed by atoms with Crippen molar-refractivity contribution in [3.8, 4) is 5.75 Å². The molecular formula is C27H38N4O4. The first kappa shape index (κ1) is 27.7. The SMILES string of the molecule is CC.COc1cc(CC(=O)NC2CCCCC2NC(C)=O)ccc1NC(=O)Nc1ccccc1C. The zero-order valence-electron chi connectivity index (χ0n) is 21.4. The summed E-state index contributed by atoms with van der Waals surface area (Å²) in [6, 6.07) is 12.3. The van der Waals surface area contributed by atoms with Gasteiger partial charge >= 0.3 is 6.03 Å². The fourth-order valence-electron chi connectivity index (χ4n) is 4.12. The Morgan fingerprint density at radius 1 is 0.914 bits per heavy atom. The molecule has 1 aliphatic rings. The number of rotatable bonds is 7. The van der Waals surface area contributed by atoms with Crippen LogP contribution in [0.2, 0.25) is 0 Å². The van der Waals surface area contributed by atoms with Crippen LogP contribution < -0.4 is 26.0 Å². The standard InChI is InChI=1S/C25H32N4O4.C2H6/c1-16-8-4-5-9-19(16)28-25(32)29-22-13-12-18(14-23(22)33-3)15-24(31)27-21-11-7-6-10-20(21)26-17(2)30;1-2/h4-5,8-9,12-14,20-21H,6-7,10-11,15H2,1-3H3,(H,26,30)(H,27,31)(H2,28,29,32);1-2H3. The predicted molar refractivity (Wildman–Crippen MR) is 140 cm³/mol. The maximum atomic E-state index is 12.7. The van der Waals surface area contributed by atoms with Crippen LogP contribution in [0.5, 0.6) is 5.75 Å². The lowest BCUT2D eigenvalue weighted by atomic mass is 9.90. The number of anilines is 2. The second kappa shape index (κ2) is 14.0. The number of urea groups is 1. The van der Waals surface area contributed by atoms with Gasteiger partial charge in [0.25, 0.3) is 0 Å². The topological polar surface area (TPSA) is 109 Å². The van der Waals surface area contributed by atoms with Crippen LogP contribution in [-0.4, -0.2) is 37.0 Å². The van der Waals surface area contributed by atoms with E-state index >= 15 is 0 Å². The zero-order chi connectivity index (χ0) is 25.8. The van der Waals surface area contributed by atoms with Gasteiger partial charge in [-0.2, -0.15) is 0 Å². The molecule has 0 aromatic heterocycles. The van der Waals surface area contributed by atoms with Crippen molar-refractivity contribution in [2.75, 3.05) is 17.7 Å². The highest BCUT2D eigenvalue weighted by Crippen LogP contribution is 2.26. The van der Waals surface area contributed by atoms with Crippen LogP contribution in [-0.2, 0) is 16.0 Å². The van der Waals surface area contributed by atoms with Crippen molar-refractivity contribution in [1.29, 1.82) is 0 Å². The molecule has 4 N–H and O–H groups in total. The van der Waals surface area contributed by atoms with Gasteiger partial charge in [0.15, 0.2) is 0 Å². The first-order valence-electron chi connectivity index (χ1n) is 12.2. The molecule has 2 aromatic rings. The van der Waals surface area contributed by atoms with Gasteiger partial charge in [-0.1, -0.05) is 51.0 Å². The average molecular weight is 483 g/mol. The van der Waals surface area contributed by atoms with Crippen molar-refractivity contribution in [1.82, 2.24) is 10.6 Å². The minimum atomic E-state index is -0.380. The summed E-state index contributed by atoms with van der Waals surface area (Å²) in [5.41, 5.74) is 2.95. The normalized spacial score (nSPS) is 16.7. The van der Waals surface area contributed by atoms with E-state index in [2.05, 4.69) is 21.3 Å². The van der Waals surface area contributed by atoms with Crippen molar-refractivity contribution < 1.29 is 19.1 Å². The minimum Gasteiger partial charge on any atom is -0.495 e. The number of amides is 4. The van der Waals surface area contributed by atoms with E-state index in [4.69, 9.17) is 4.74 Å². The second-order valence-electron chi connectivity index (χ2n) is 8.37. The molecule has 1 aliphatic carbocycles. The Bertz CT molecular complexity index is 1010. The average Bonchev–Trinajstić information content (AvgIpc) is 2.83. The highest BCUT2D eigenvalue weighted by Gasteiger charge is 2.27. The number of hydrogen-bond donors (Lipinski definition) is 4. The number of methoxy groups -OCH3 is 1. The summed E-state index contributed by atoms with van der Waals surface area (Å²) in [5, 5.41) is 11.6. The molecule has 0 bridgehead atoms. The molecule has 2 unspecified atom stereocenters. The lowest BCUT2D eigenvalue weighted by Gasteiger charge is -2.32. The summed E-state index contributed by atoms with van der Waals surface area (Å²) in [7, 11) is 1.52. The largest absolute Gasteiger partial charge is 0.495 e. The van der Waals surface area contributed by atoms with Gasteiger partial charge in [-0.05, 0) is 49.1 Å². The Morgan fingerprint density at radius 2 is 1.54 bits per heavy atom. The Morgan fingerprint density at radius 3 is 2.17 bits per heavy atom. The molecule has 2 atom stereocenters. The van der Waals surface area contributed by atoms with Gasteiger partial charge in [0.05, 0.1) is 19.2 Å². The van der Waals surface area contributed by atoms with Crippen LogP contribution in [0.4, 0.5) is 16.2 Å². The number of benzene rings is 2. The van der Waals surface area contributed by atoms with E-state index in [1.807, 2.05) is 45.0 Å². The molecular weight excluding hydrogens is 444 g/mol. The van der Waals surface area contributed by atoms with Gasteiger partial charge in [0.2, 0.25) is 11.8 Å². The monoisotopic (exact) mass is 482 g/mol. The smallest absolute Gasteiger partial charge is 0.323 e. The second-order valence-corrected chi connectivity index (χ2v) is 8.37. The maximum absolute atomic E-state index is 12.7. The maximum Gasteiger partial charge on any atom is 0.323 e. The minimum absolute atomic E-state index is 0.0342. The Kier molecular flexibility index (Phi) is 11.1. The lowest BCUT2D eigenvalue weighted by Crippen LogP contribution is -2.53. The highest BCUT2D eigenvalue weighted by molar-refractivity contribution is 6.01. The Balaban J connectivity index is 0.00000210. The van der Waals surface area contributed by atoms with E-state index in [1.54, 1.807) is 18.2 Å². The number of nitrogens with one attached hydrogen (secondary N) is 4. The highest BCUT2D eigenvalue weighted by atomic mass is 16.5. The number of carbonyl (C=O) groups excluding carboxylic acids is 3. The van der Waals surface area contributed by atoms with Crippen molar-refractivity contribution in [3.05, 3.63) is 53.6 Å². The Labute approximate surface area is 208 Å². The summed E-state index contributed by atoms with van der Waals surface area (Å²) in [6.07, 6.45) is 3.96. The van der Waals surface area contributed by atoms with Crippen molar-refractivity contribution in [2.45, 2.75) is 71.9 Å². The van der Waals surface area contributed by atoms with Gasteiger partial charge < -0.3 is 26.0 Å². The van der Waals surface area contributed by atoms with Crippen LogP contribution in [0.25, 0.3) is 0 Å². The van der Waals surface area contributed by atoms with E-state index in [0.29, 0.717) is 11.4 Å². The van der Waals surface area contributed by atoms with Crippen molar-refractivity contribution in [2.24, 2.45) is 0 Å². The molecule has 1 saturated carbocycles. The predicted octanol–water partition coefficient (Wildman–Crippen LogP) is 4.78. The third-order valence-electron chi connectivity index (χ3n) is 5.77. The van der Waals surface area contributed by atoms with Gasteiger partial charge in [0.1, 0.15) is 5.75 Å². The van der Waals surface area contributed by atoms with Crippen LogP contribution in [0, 0.1) is 6.92 Å². The molecule has 0 aliphatic heterocycles. The molecule has 1 fully saturated rings. The molecule has 190 valence electrons. The summed E-state index contributed by atoms with van der Waals surface area (Å²) in [5.74, 6) is 0.270. The molecule has 35 heavy (non-hydrogen) atoms. The van der Waals surface area contributed by atoms with Crippen LogP contribution >= 0.6 is 0 Å². The number of ether oxygens (including phenoxy) is 1. The Hall–Kier alpha value is -3.55. The summed E-state index contributed by atoms with van der Waals surface area (Å²) >= 11 is 0. The molecule has 8 nitrogen and oxygen atoms in total. The van der Waals surface area contributed by atoms with E-state index in [-0.39, 0.29) is 36.3 Å². The summed E-state index contributed by atoms with van der Waals surface area (Å²) < 4.78 is 5.43. The fourth-order valence-corrected chi connectivity index (χ4v) is 4.12. The first-order valence-corrected chi connectivity index (χ1v) is 12.2. The van der Waals surface area contributed by atoms with Crippen LogP contribution in [0.15, 0.2) is 42.5 Å². The molecule has 0 saturated heterocycles. The van der Waals surface area contributed by atoms with E-state index in [9.17, 15) is 14.4 Å². The van der Waals surface area contributed by atoms with E-state index in [0.717, 1.165) is 42.5 Å². The molecule has 2 aromatic carbocycles. The number of carbonyl (C=O) groups is 3. The summed E-state index contributed by atoms with van der Waals surface area (Å²) in [4.78, 5) is 36.5. The van der Waals surface area contributed by atoms with E-state index < -0.39 is 0 Å². The number of para-hydroxylation sites is 1. The third-order valence-corrected chi connectivity index (χ3v) is 5.77. The lowest BCUT2D eigenvalue weighted by molar-refractivity contribution is -0.123. The first-order chi connectivity index (χ1) is 16.9. The van der Waals surface area contributed by atoms with Gasteiger partial charge in [-0.3, -0.25) is 9.59 Å². The van der Waals surface area contributed by atoms with Gasteiger partial charge in [-0.25, -0.2) is 4.79 Å². The van der Waals surface area contributed by atoms with Crippen molar-refractivity contribution in [3.63, 3.8) is 0 Å². The van der Waals surface area contributed by atoms with Gasteiger partial charge in [-0.15, -0.1) is 0 Å².